The molecule has 2 rings (SSSR count). The third-order valence-electron chi connectivity index (χ3n) is 3.38. The Bertz CT molecular complexity index is 404. The van der Waals surface area contributed by atoms with Crippen molar-refractivity contribution in [3.63, 3.8) is 0 Å². The van der Waals surface area contributed by atoms with Crippen molar-refractivity contribution in [1.29, 1.82) is 0 Å². The summed E-state index contributed by atoms with van der Waals surface area (Å²) in [7, 11) is 0. The van der Waals surface area contributed by atoms with E-state index >= 15 is 0 Å². The number of nitrogens with zero attached hydrogens (tertiary/aromatic N) is 3. The lowest BCUT2D eigenvalue weighted by atomic mass is 10.2. The van der Waals surface area contributed by atoms with E-state index < -0.39 is 11.9 Å². The van der Waals surface area contributed by atoms with Crippen molar-refractivity contribution >= 4 is 5.82 Å². The second kappa shape index (κ2) is 5.73. The third-order valence-corrected chi connectivity index (χ3v) is 3.38. The van der Waals surface area contributed by atoms with Crippen LogP contribution >= 0.6 is 0 Å². The number of likely N-dealkylation sites (tertiary alicyclic amines) is 1. The van der Waals surface area contributed by atoms with Gasteiger partial charge in [0.05, 0.1) is 0 Å². The molecule has 1 atom stereocenters. The SMILES string of the molecule is CCN1CCCC1CNc1ccc(C(F)(F)F)nn1. The van der Waals surface area contributed by atoms with Crippen LogP contribution in [0.5, 0.6) is 0 Å². The Kier molecular flexibility index (Phi) is 4.24. The van der Waals surface area contributed by atoms with Crippen molar-refractivity contribution in [1.82, 2.24) is 15.1 Å². The standard InChI is InChI=1S/C12H17F3N4/c1-2-19-7-3-4-9(19)8-16-11-6-5-10(17-18-11)12(13,14)15/h5-6,9H,2-4,7-8H2,1H3,(H,16,18). The van der Waals surface area contributed by atoms with Crippen LogP contribution in [-0.4, -0.2) is 40.8 Å². The second-order valence-corrected chi connectivity index (χ2v) is 4.61. The molecule has 106 valence electrons. The van der Waals surface area contributed by atoms with Crippen LogP contribution in [-0.2, 0) is 6.18 Å². The summed E-state index contributed by atoms with van der Waals surface area (Å²) in [6, 6.07) is 2.69. The van der Waals surface area contributed by atoms with E-state index in [1.807, 2.05) is 0 Å². The van der Waals surface area contributed by atoms with E-state index in [0.717, 1.165) is 25.6 Å². The van der Waals surface area contributed by atoms with Crippen LogP contribution in [0.1, 0.15) is 25.5 Å². The number of hydrogen-bond acceptors (Lipinski definition) is 4. The van der Waals surface area contributed by atoms with E-state index in [9.17, 15) is 13.2 Å². The highest BCUT2D eigenvalue weighted by Gasteiger charge is 2.32. The van der Waals surface area contributed by atoms with Gasteiger partial charge in [0.15, 0.2) is 5.69 Å². The van der Waals surface area contributed by atoms with E-state index in [0.29, 0.717) is 18.4 Å². The average molecular weight is 274 g/mol. The van der Waals surface area contributed by atoms with E-state index in [4.69, 9.17) is 0 Å². The van der Waals surface area contributed by atoms with Crippen molar-refractivity contribution in [3.05, 3.63) is 17.8 Å². The van der Waals surface area contributed by atoms with E-state index in [1.165, 1.54) is 12.5 Å². The van der Waals surface area contributed by atoms with Crippen LogP contribution in [0.25, 0.3) is 0 Å². The van der Waals surface area contributed by atoms with Crippen LogP contribution in [0, 0.1) is 0 Å². The average Bonchev–Trinajstić information content (AvgIpc) is 2.83. The minimum absolute atomic E-state index is 0.385. The fourth-order valence-corrected chi connectivity index (χ4v) is 2.34. The first kappa shape index (κ1) is 14.0. The Balaban J connectivity index is 1.90. The van der Waals surface area contributed by atoms with Gasteiger partial charge in [-0.2, -0.15) is 13.2 Å². The van der Waals surface area contributed by atoms with Crippen molar-refractivity contribution in [2.45, 2.75) is 32.0 Å². The minimum atomic E-state index is -4.43. The zero-order valence-corrected chi connectivity index (χ0v) is 10.7. The van der Waals surface area contributed by atoms with Gasteiger partial charge in [-0.1, -0.05) is 6.92 Å². The maximum absolute atomic E-state index is 12.3. The van der Waals surface area contributed by atoms with Crippen molar-refractivity contribution < 1.29 is 13.2 Å². The summed E-state index contributed by atoms with van der Waals surface area (Å²) in [6.45, 7) is 4.87. The molecule has 0 radical (unpaired) electrons. The van der Waals surface area contributed by atoms with E-state index in [2.05, 4.69) is 27.3 Å². The third kappa shape index (κ3) is 3.56. The summed E-state index contributed by atoms with van der Waals surface area (Å²) in [5.74, 6) is 0.385. The first-order valence-electron chi connectivity index (χ1n) is 6.39. The normalized spacial score (nSPS) is 20.7. The Morgan fingerprint density at radius 2 is 2.16 bits per heavy atom. The molecule has 1 unspecified atom stereocenters. The molecule has 7 heteroatoms. The molecule has 1 aromatic heterocycles. The maximum atomic E-state index is 12.3. The maximum Gasteiger partial charge on any atom is 0.435 e. The summed E-state index contributed by atoms with van der Waals surface area (Å²) in [4.78, 5) is 2.35. The van der Waals surface area contributed by atoms with Gasteiger partial charge in [0, 0.05) is 12.6 Å². The molecule has 1 aromatic rings. The van der Waals surface area contributed by atoms with Gasteiger partial charge in [0.1, 0.15) is 5.82 Å². The smallest absolute Gasteiger partial charge is 0.367 e. The van der Waals surface area contributed by atoms with Gasteiger partial charge < -0.3 is 5.32 Å². The van der Waals surface area contributed by atoms with Gasteiger partial charge in [-0.05, 0) is 38.1 Å². The molecular formula is C12H17F3N4. The molecule has 1 aliphatic rings. The fraction of sp³-hybridized carbons (Fsp3) is 0.667. The van der Waals surface area contributed by atoms with Gasteiger partial charge in [-0.3, -0.25) is 4.90 Å². The van der Waals surface area contributed by atoms with Crippen LogP contribution in [0.3, 0.4) is 0 Å². The van der Waals surface area contributed by atoms with Crippen molar-refractivity contribution in [2.24, 2.45) is 0 Å². The zero-order chi connectivity index (χ0) is 13.9. The molecule has 1 N–H and O–H groups in total. The number of halogens is 3. The lowest BCUT2D eigenvalue weighted by Gasteiger charge is -2.22. The highest BCUT2D eigenvalue weighted by molar-refractivity contribution is 5.33. The molecule has 0 spiro atoms. The molecular weight excluding hydrogens is 257 g/mol. The number of hydrogen-bond donors (Lipinski definition) is 1. The summed E-state index contributed by atoms with van der Waals surface area (Å²) in [5.41, 5.74) is -0.964. The number of likely N-dealkylation sites (N-methyl/N-ethyl adjacent to an activating group) is 1. The van der Waals surface area contributed by atoms with Gasteiger partial charge in [-0.15, -0.1) is 10.2 Å². The Morgan fingerprint density at radius 1 is 1.37 bits per heavy atom. The fourth-order valence-electron chi connectivity index (χ4n) is 2.34. The highest BCUT2D eigenvalue weighted by atomic mass is 19.4. The molecule has 19 heavy (non-hydrogen) atoms. The molecule has 1 fully saturated rings. The van der Waals surface area contributed by atoms with E-state index in [1.54, 1.807) is 0 Å². The predicted octanol–water partition coefficient (Wildman–Crippen LogP) is 2.39. The largest absolute Gasteiger partial charge is 0.435 e. The first-order valence-corrected chi connectivity index (χ1v) is 6.39. The highest BCUT2D eigenvalue weighted by Crippen LogP contribution is 2.27. The molecule has 0 amide bonds. The van der Waals surface area contributed by atoms with Gasteiger partial charge >= 0.3 is 6.18 Å². The zero-order valence-electron chi connectivity index (χ0n) is 10.7. The lowest BCUT2D eigenvalue weighted by molar-refractivity contribution is -0.141. The quantitative estimate of drug-likeness (QED) is 0.915. The van der Waals surface area contributed by atoms with Crippen LogP contribution in [0.4, 0.5) is 19.0 Å². The van der Waals surface area contributed by atoms with Crippen molar-refractivity contribution in [2.75, 3.05) is 25.0 Å². The Morgan fingerprint density at radius 3 is 2.74 bits per heavy atom. The second-order valence-electron chi connectivity index (χ2n) is 4.61. The van der Waals surface area contributed by atoms with Gasteiger partial charge in [0.25, 0.3) is 0 Å². The number of alkyl halides is 3. The van der Waals surface area contributed by atoms with Crippen LogP contribution < -0.4 is 5.32 Å². The molecule has 1 aliphatic heterocycles. The summed E-state index contributed by atoms with van der Waals surface area (Å²) >= 11 is 0. The lowest BCUT2D eigenvalue weighted by Crippen LogP contribution is -2.34. The predicted molar refractivity (Wildman–Crippen MR) is 65.8 cm³/mol. The van der Waals surface area contributed by atoms with E-state index in [-0.39, 0.29) is 0 Å². The molecule has 2 heterocycles. The molecule has 0 bridgehead atoms. The van der Waals surface area contributed by atoms with Crippen LogP contribution in [0.15, 0.2) is 12.1 Å². The summed E-state index contributed by atoms with van der Waals surface area (Å²) in [5, 5.41) is 9.79. The Hall–Kier alpha value is -1.37. The Labute approximate surface area is 110 Å². The molecule has 0 aromatic carbocycles. The summed E-state index contributed by atoms with van der Waals surface area (Å²) in [6.07, 6.45) is -2.16. The topological polar surface area (TPSA) is 41.0 Å². The molecule has 4 nitrogen and oxygen atoms in total. The monoisotopic (exact) mass is 274 g/mol. The molecule has 0 aliphatic carbocycles. The van der Waals surface area contributed by atoms with Crippen molar-refractivity contribution in [3.8, 4) is 0 Å². The number of aromatic nitrogens is 2. The summed E-state index contributed by atoms with van der Waals surface area (Å²) < 4.78 is 37.0. The number of anilines is 1. The molecule has 1 saturated heterocycles. The first-order chi connectivity index (χ1) is 9.00. The van der Waals surface area contributed by atoms with Gasteiger partial charge in [-0.25, -0.2) is 0 Å². The van der Waals surface area contributed by atoms with Gasteiger partial charge in [0.2, 0.25) is 0 Å². The molecule has 0 saturated carbocycles. The minimum Gasteiger partial charge on any atom is -0.367 e. The van der Waals surface area contributed by atoms with Crippen LogP contribution in [0.2, 0.25) is 0 Å². The number of nitrogens with one attached hydrogen (secondary N) is 1. The number of rotatable bonds is 4.